The number of nitrogens with zero attached hydrogens (tertiary/aromatic N) is 4. The van der Waals surface area contributed by atoms with Crippen molar-refractivity contribution in [3.63, 3.8) is 0 Å². The number of alkyl halides is 3. The predicted octanol–water partition coefficient (Wildman–Crippen LogP) is 5.96. The van der Waals surface area contributed by atoms with Gasteiger partial charge in [0.1, 0.15) is 17.3 Å². The molecule has 5 rings (SSSR count). The van der Waals surface area contributed by atoms with Crippen molar-refractivity contribution in [2.24, 2.45) is 0 Å². The van der Waals surface area contributed by atoms with Crippen LogP contribution < -0.4 is 5.56 Å². The topological polar surface area (TPSA) is 120 Å². The molecule has 1 N–H and O–H groups in total. The largest absolute Gasteiger partial charge is 0.440 e. The Morgan fingerprint density at radius 1 is 1.13 bits per heavy atom. The predicted molar refractivity (Wildman–Crippen MR) is 160 cm³/mol. The Kier molecular flexibility index (Phi) is 8.42. The second-order valence-corrected chi connectivity index (χ2v) is 13.7. The molecule has 3 aromatic heterocycles. The zero-order chi connectivity index (χ0) is 33.0. The summed E-state index contributed by atoms with van der Waals surface area (Å²) in [7, 11) is -3.80. The molecular weight excluding hydrogens is 616 g/mol. The number of aryl methyl sites for hydroxylation is 2. The van der Waals surface area contributed by atoms with E-state index in [1.165, 1.54) is 22.1 Å². The van der Waals surface area contributed by atoms with E-state index >= 15 is 4.39 Å². The number of imidazole rings is 1. The summed E-state index contributed by atoms with van der Waals surface area (Å²) in [6.07, 6.45) is 1.85. The van der Waals surface area contributed by atoms with Crippen LogP contribution in [0.15, 0.2) is 68.4 Å². The lowest BCUT2D eigenvalue weighted by molar-refractivity contribution is -0.141. The number of allylic oxidation sites excluding steroid dienone is 7. The zero-order valence-electron chi connectivity index (χ0n) is 25.2. The van der Waals surface area contributed by atoms with Crippen molar-refractivity contribution in [3.8, 4) is 11.3 Å². The van der Waals surface area contributed by atoms with E-state index in [0.717, 1.165) is 12.5 Å². The summed E-state index contributed by atoms with van der Waals surface area (Å²) in [6.45, 7) is 5.92. The van der Waals surface area contributed by atoms with Crippen molar-refractivity contribution >= 4 is 21.1 Å². The van der Waals surface area contributed by atoms with E-state index in [4.69, 9.17) is 4.42 Å². The van der Waals surface area contributed by atoms with Gasteiger partial charge in [-0.15, -0.1) is 0 Å². The van der Waals surface area contributed by atoms with Gasteiger partial charge in [-0.1, -0.05) is 0 Å². The van der Waals surface area contributed by atoms with E-state index in [1.54, 1.807) is 31.3 Å². The van der Waals surface area contributed by atoms with Gasteiger partial charge in [0.2, 0.25) is 0 Å². The summed E-state index contributed by atoms with van der Waals surface area (Å²) >= 11 is 0. The molecule has 0 aliphatic heterocycles. The summed E-state index contributed by atoms with van der Waals surface area (Å²) in [4.78, 5) is 21.8. The molecule has 0 fully saturated rings. The molecule has 9 nitrogen and oxygen atoms in total. The summed E-state index contributed by atoms with van der Waals surface area (Å²) in [5.41, 5.74) is 0.272. The molecule has 0 amide bonds. The maximum Gasteiger partial charge on any atom is 0.434 e. The lowest BCUT2D eigenvalue weighted by atomic mass is 9.84. The van der Waals surface area contributed by atoms with Crippen LogP contribution in [0.4, 0.5) is 17.6 Å². The summed E-state index contributed by atoms with van der Waals surface area (Å²) in [6, 6.07) is 3.07. The van der Waals surface area contributed by atoms with Crippen LogP contribution in [-0.4, -0.2) is 50.7 Å². The second kappa shape index (κ2) is 11.7. The molecule has 240 valence electrons. The van der Waals surface area contributed by atoms with Gasteiger partial charge < -0.3 is 18.7 Å². The third-order valence-electron chi connectivity index (χ3n) is 7.99. The molecule has 0 saturated carbocycles. The Hall–Kier alpha value is -4.04. The highest BCUT2D eigenvalue weighted by Crippen LogP contribution is 2.43. The van der Waals surface area contributed by atoms with Crippen molar-refractivity contribution in [1.29, 1.82) is 0 Å². The first-order chi connectivity index (χ1) is 21.0. The first-order valence-electron chi connectivity index (χ1n) is 14.2. The average Bonchev–Trinajstić information content (AvgIpc) is 3.54. The Bertz CT molecular complexity index is 1970. The van der Waals surface area contributed by atoms with Gasteiger partial charge in [0, 0.05) is 48.5 Å². The molecule has 1 atom stereocenters. The van der Waals surface area contributed by atoms with Crippen molar-refractivity contribution in [2.45, 2.75) is 64.4 Å². The molecule has 0 saturated heterocycles. The molecule has 2 aliphatic carbocycles. The fourth-order valence-corrected chi connectivity index (χ4v) is 6.97. The van der Waals surface area contributed by atoms with Crippen LogP contribution in [0.5, 0.6) is 0 Å². The minimum absolute atomic E-state index is 0.0610. The van der Waals surface area contributed by atoms with E-state index in [-0.39, 0.29) is 65.2 Å². The fourth-order valence-electron chi connectivity index (χ4n) is 5.78. The highest BCUT2D eigenvalue weighted by Gasteiger charge is 2.37. The van der Waals surface area contributed by atoms with Crippen LogP contribution in [0, 0.1) is 13.8 Å². The minimum atomic E-state index is -4.70. The molecular formula is C31H32F4N4O5S. The van der Waals surface area contributed by atoms with E-state index in [2.05, 4.69) is 9.97 Å². The molecule has 3 heterocycles. The first-order valence-corrected chi connectivity index (χ1v) is 16.1. The van der Waals surface area contributed by atoms with Crippen molar-refractivity contribution in [2.75, 3.05) is 12.9 Å². The maximum atomic E-state index is 15.2. The smallest absolute Gasteiger partial charge is 0.434 e. The Balaban J connectivity index is 1.77. The van der Waals surface area contributed by atoms with Gasteiger partial charge in [-0.05, 0) is 75.5 Å². The zero-order valence-corrected chi connectivity index (χ0v) is 26.1. The molecule has 45 heavy (non-hydrogen) atoms. The monoisotopic (exact) mass is 648 g/mol. The second-order valence-electron chi connectivity index (χ2n) is 11.4. The Morgan fingerprint density at radius 3 is 2.44 bits per heavy atom. The SMILES string of the molecule is Cc1nc(C2=C(n3cc(C(F)(F)F)nc3C)CCC(C3=CC(F)=C(CO)C(S(C)(=O)=O)C3)=C2)c(-c2cccn(C(C)C)c2=O)o1. The van der Waals surface area contributed by atoms with Crippen molar-refractivity contribution in [3.05, 3.63) is 92.7 Å². The summed E-state index contributed by atoms with van der Waals surface area (Å²) < 4.78 is 90.0. The van der Waals surface area contributed by atoms with Crippen LogP contribution in [-0.2, 0) is 16.0 Å². The quantitative estimate of drug-likeness (QED) is 0.314. The van der Waals surface area contributed by atoms with Gasteiger partial charge in [-0.2, -0.15) is 13.2 Å². The van der Waals surface area contributed by atoms with Crippen LogP contribution in [0.25, 0.3) is 22.6 Å². The molecule has 0 bridgehead atoms. The van der Waals surface area contributed by atoms with Gasteiger partial charge in [0.15, 0.2) is 27.2 Å². The summed E-state index contributed by atoms with van der Waals surface area (Å²) in [5.74, 6) is -0.499. The number of halogens is 4. The van der Waals surface area contributed by atoms with Gasteiger partial charge >= 0.3 is 6.18 Å². The number of hydrogen-bond acceptors (Lipinski definition) is 7. The van der Waals surface area contributed by atoms with Crippen LogP contribution >= 0.6 is 0 Å². The van der Waals surface area contributed by atoms with E-state index in [0.29, 0.717) is 22.4 Å². The molecule has 1 unspecified atom stereocenters. The number of pyridine rings is 1. The van der Waals surface area contributed by atoms with Crippen LogP contribution in [0.1, 0.15) is 62.3 Å². The van der Waals surface area contributed by atoms with Gasteiger partial charge in [-0.3, -0.25) is 4.79 Å². The van der Waals surface area contributed by atoms with Crippen molar-refractivity contribution < 1.29 is 35.5 Å². The number of rotatable bonds is 7. The highest BCUT2D eigenvalue weighted by molar-refractivity contribution is 7.91. The molecule has 0 aromatic carbocycles. The summed E-state index contributed by atoms with van der Waals surface area (Å²) in [5, 5.41) is 8.41. The molecule has 0 spiro atoms. The normalized spacial score (nSPS) is 18.2. The first kappa shape index (κ1) is 32.4. The standard InChI is InChI=1S/C31H32F4N4O5S/c1-16(2)38-10-6-7-21(30(38)41)29-28(37-18(4)44-29)22-11-19(20-12-24(32)23(15-40)26(13-20)45(5,42)43)8-9-25(22)39-14-27(31(33,34)35)36-17(39)3/h6-7,10-12,14,16,26,40H,8-9,13,15H2,1-5H3. The Labute approximate surface area is 256 Å². The number of hydrogen-bond donors (Lipinski definition) is 1. The lowest BCUT2D eigenvalue weighted by Gasteiger charge is -2.28. The number of sulfone groups is 1. The van der Waals surface area contributed by atoms with Crippen LogP contribution in [0.2, 0.25) is 0 Å². The molecule has 2 aliphatic rings. The third-order valence-corrected chi connectivity index (χ3v) is 9.47. The molecule has 0 radical (unpaired) electrons. The molecule has 14 heteroatoms. The lowest BCUT2D eigenvalue weighted by Crippen LogP contribution is -2.28. The van der Waals surface area contributed by atoms with Crippen molar-refractivity contribution in [1.82, 2.24) is 19.1 Å². The fraction of sp³-hybridized carbons (Fsp3) is 0.387. The van der Waals surface area contributed by atoms with Gasteiger partial charge in [-0.25, -0.2) is 22.8 Å². The van der Waals surface area contributed by atoms with E-state index < -0.39 is 39.4 Å². The number of oxazole rings is 1. The number of aliphatic hydroxyl groups is 1. The average molecular weight is 649 g/mol. The number of aliphatic hydroxyl groups excluding tert-OH is 1. The maximum absolute atomic E-state index is 15.2. The molecule has 3 aromatic rings. The van der Waals surface area contributed by atoms with E-state index in [1.807, 2.05) is 13.8 Å². The van der Waals surface area contributed by atoms with Crippen LogP contribution in [0.3, 0.4) is 0 Å². The highest BCUT2D eigenvalue weighted by atomic mass is 32.2. The number of aromatic nitrogens is 4. The van der Waals surface area contributed by atoms with Gasteiger partial charge in [0.05, 0.1) is 17.4 Å². The van der Waals surface area contributed by atoms with Gasteiger partial charge in [0.25, 0.3) is 5.56 Å². The minimum Gasteiger partial charge on any atom is -0.440 e. The Morgan fingerprint density at radius 2 is 1.84 bits per heavy atom. The van der Waals surface area contributed by atoms with E-state index in [9.17, 15) is 31.5 Å². The third kappa shape index (κ3) is 6.12.